The molecule has 150 valence electrons. The van der Waals surface area contributed by atoms with E-state index in [4.69, 9.17) is 4.74 Å². The van der Waals surface area contributed by atoms with E-state index in [1.165, 1.54) is 32.2 Å². The monoisotopic (exact) mass is 399 g/mol. The van der Waals surface area contributed by atoms with E-state index in [-0.39, 0.29) is 29.8 Å². The van der Waals surface area contributed by atoms with Crippen LogP contribution in [0.4, 0.5) is 23.2 Å². The molecule has 0 radical (unpaired) electrons. The summed E-state index contributed by atoms with van der Waals surface area (Å²) in [5.41, 5.74) is -0.428. The molecule has 2 rings (SSSR count). The van der Waals surface area contributed by atoms with Crippen LogP contribution in [0.1, 0.15) is 28.4 Å². The van der Waals surface area contributed by atoms with Gasteiger partial charge >= 0.3 is 18.1 Å². The molecule has 0 saturated heterocycles. The quantitative estimate of drug-likeness (QED) is 0.448. The van der Waals surface area contributed by atoms with Crippen molar-refractivity contribution in [3.8, 4) is 5.75 Å². The van der Waals surface area contributed by atoms with Crippen LogP contribution in [0.2, 0.25) is 0 Å². The van der Waals surface area contributed by atoms with Gasteiger partial charge in [-0.25, -0.2) is 9.18 Å². The maximum Gasteiger partial charge on any atom is 0.416 e. The Hall–Kier alpha value is -3.10. The molecule has 0 amide bonds. The van der Waals surface area contributed by atoms with Crippen molar-refractivity contribution in [1.29, 1.82) is 0 Å². The lowest BCUT2D eigenvalue weighted by Crippen LogP contribution is -2.11. The van der Waals surface area contributed by atoms with Crippen LogP contribution in [0.15, 0.2) is 36.4 Å². The maximum atomic E-state index is 13.4. The Bertz CT molecular complexity index is 881. The Morgan fingerprint density at radius 1 is 1.11 bits per heavy atom. The van der Waals surface area contributed by atoms with Gasteiger partial charge in [-0.2, -0.15) is 13.2 Å². The van der Waals surface area contributed by atoms with Crippen molar-refractivity contribution in [2.45, 2.75) is 19.5 Å². The SMILES string of the molecule is COC(=O)c1cc(NCCc2cc(F)cc(C(F)(F)F)c2)ccc1OC(C)=O. The summed E-state index contributed by atoms with van der Waals surface area (Å²) < 4.78 is 61.3. The molecule has 0 atom stereocenters. The molecule has 0 spiro atoms. The molecule has 0 aliphatic carbocycles. The lowest BCUT2D eigenvalue weighted by Gasteiger charge is -2.12. The zero-order valence-electron chi connectivity index (χ0n) is 15.0. The fourth-order valence-corrected chi connectivity index (χ4v) is 2.46. The molecule has 0 heterocycles. The highest BCUT2D eigenvalue weighted by molar-refractivity contribution is 5.94. The summed E-state index contributed by atoms with van der Waals surface area (Å²) in [4.78, 5) is 23.0. The number of benzene rings is 2. The third-order valence-corrected chi connectivity index (χ3v) is 3.67. The molecule has 5 nitrogen and oxygen atoms in total. The standard InChI is InChI=1S/C19H17F4NO4/c1-11(25)28-17-4-3-15(10-16(17)18(26)27-2)24-6-5-12-7-13(19(21,22)23)9-14(20)8-12/h3-4,7-10,24H,5-6H2,1-2H3. The number of rotatable bonds is 6. The van der Waals surface area contributed by atoms with Crippen LogP contribution < -0.4 is 10.1 Å². The maximum absolute atomic E-state index is 13.4. The molecule has 1 N–H and O–H groups in total. The summed E-state index contributed by atoms with van der Waals surface area (Å²) in [6, 6.07) is 6.65. The van der Waals surface area contributed by atoms with Crippen molar-refractivity contribution < 1.29 is 36.6 Å². The highest BCUT2D eigenvalue weighted by Crippen LogP contribution is 2.30. The van der Waals surface area contributed by atoms with Gasteiger partial charge in [0.2, 0.25) is 0 Å². The van der Waals surface area contributed by atoms with E-state index in [0.717, 1.165) is 12.1 Å². The number of esters is 2. The number of nitrogens with one attached hydrogen (secondary N) is 1. The Labute approximate surface area is 158 Å². The zero-order chi connectivity index (χ0) is 20.9. The van der Waals surface area contributed by atoms with Crippen LogP contribution in [0.25, 0.3) is 0 Å². The number of halogens is 4. The van der Waals surface area contributed by atoms with E-state index in [0.29, 0.717) is 11.8 Å². The summed E-state index contributed by atoms with van der Waals surface area (Å²) in [7, 11) is 1.17. The lowest BCUT2D eigenvalue weighted by atomic mass is 10.1. The Morgan fingerprint density at radius 2 is 1.82 bits per heavy atom. The van der Waals surface area contributed by atoms with Gasteiger partial charge in [-0.05, 0) is 48.4 Å². The first-order valence-electron chi connectivity index (χ1n) is 8.11. The lowest BCUT2D eigenvalue weighted by molar-refractivity contribution is -0.138. The van der Waals surface area contributed by atoms with Gasteiger partial charge in [0.25, 0.3) is 0 Å². The predicted octanol–water partition coefficient (Wildman–Crippen LogP) is 4.21. The van der Waals surface area contributed by atoms with Gasteiger partial charge in [0, 0.05) is 19.2 Å². The Balaban J connectivity index is 2.12. The van der Waals surface area contributed by atoms with E-state index in [9.17, 15) is 27.2 Å². The van der Waals surface area contributed by atoms with Crippen molar-refractivity contribution in [1.82, 2.24) is 0 Å². The van der Waals surface area contributed by atoms with Crippen LogP contribution in [0.3, 0.4) is 0 Å². The van der Waals surface area contributed by atoms with Crippen molar-refractivity contribution in [2.24, 2.45) is 0 Å². The molecular formula is C19H17F4NO4. The largest absolute Gasteiger partial charge is 0.465 e. The van der Waals surface area contributed by atoms with Crippen LogP contribution >= 0.6 is 0 Å². The molecule has 9 heteroatoms. The molecule has 2 aromatic carbocycles. The fourth-order valence-electron chi connectivity index (χ4n) is 2.46. The Kier molecular flexibility index (Phi) is 6.61. The third-order valence-electron chi connectivity index (χ3n) is 3.67. The average Bonchev–Trinajstić information content (AvgIpc) is 2.60. The topological polar surface area (TPSA) is 64.6 Å². The Morgan fingerprint density at radius 3 is 2.43 bits per heavy atom. The van der Waals surface area contributed by atoms with Gasteiger partial charge in [-0.3, -0.25) is 4.79 Å². The van der Waals surface area contributed by atoms with E-state index in [1.54, 1.807) is 0 Å². The average molecular weight is 399 g/mol. The number of ether oxygens (including phenoxy) is 2. The van der Waals surface area contributed by atoms with Crippen LogP contribution in [-0.2, 0) is 22.1 Å². The second kappa shape index (κ2) is 8.73. The normalized spacial score (nSPS) is 11.1. The summed E-state index contributed by atoms with van der Waals surface area (Å²) in [6.07, 6.45) is -4.52. The summed E-state index contributed by atoms with van der Waals surface area (Å²) in [5.74, 6) is -2.29. The minimum Gasteiger partial charge on any atom is -0.465 e. The minimum absolute atomic E-state index is 0.00723. The van der Waals surface area contributed by atoms with Crippen LogP contribution in [-0.4, -0.2) is 25.6 Å². The summed E-state index contributed by atoms with van der Waals surface area (Å²) >= 11 is 0. The molecular weight excluding hydrogens is 382 g/mol. The number of anilines is 1. The first-order valence-corrected chi connectivity index (χ1v) is 8.11. The molecule has 0 unspecified atom stereocenters. The molecule has 2 aromatic rings. The minimum atomic E-state index is -4.63. The first kappa shape index (κ1) is 21.2. The summed E-state index contributed by atoms with van der Waals surface area (Å²) in [5, 5.41) is 2.92. The van der Waals surface area contributed by atoms with E-state index in [2.05, 4.69) is 10.1 Å². The molecule has 28 heavy (non-hydrogen) atoms. The number of carbonyl (C=O) groups excluding carboxylic acids is 2. The van der Waals surface area contributed by atoms with Crippen LogP contribution in [0, 0.1) is 5.82 Å². The number of methoxy groups -OCH3 is 1. The summed E-state index contributed by atoms with van der Waals surface area (Å²) in [6.45, 7) is 1.36. The molecule has 0 fully saturated rings. The van der Waals surface area contributed by atoms with Crippen molar-refractivity contribution in [3.63, 3.8) is 0 Å². The molecule has 0 saturated carbocycles. The number of carbonyl (C=O) groups is 2. The highest BCUT2D eigenvalue weighted by atomic mass is 19.4. The number of alkyl halides is 3. The van der Waals surface area contributed by atoms with E-state index >= 15 is 0 Å². The first-order chi connectivity index (χ1) is 13.1. The van der Waals surface area contributed by atoms with Gasteiger partial charge in [0.1, 0.15) is 17.1 Å². The van der Waals surface area contributed by atoms with E-state index in [1.807, 2.05) is 0 Å². The van der Waals surface area contributed by atoms with Gasteiger partial charge < -0.3 is 14.8 Å². The predicted molar refractivity (Wildman–Crippen MR) is 92.7 cm³/mol. The van der Waals surface area contributed by atoms with Gasteiger partial charge in [-0.1, -0.05) is 0 Å². The second-order valence-electron chi connectivity index (χ2n) is 5.82. The molecule has 0 aliphatic heterocycles. The fraction of sp³-hybridized carbons (Fsp3) is 0.263. The van der Waals surface area contributed by atoms with Gasteiger partial charge in [-0.15, -0.1) is 0 Å². The van der Waals surface area contributed by atoms with Crippen molar-refractivity contribution >= 4 is 17.6 Å². The number of hydrogen-bond donors (Lipinski definition) is 1. The van der Waals surface area contributed by atoms with Crippen molar-refractivity contribution in [2.75, 3.05) is 19.0 Å². The number of hydrogen-bond acceptors (Lipinski definition) is 5. The van der Waals surface area contributed by atoms with Crippen molar-refractivity contribution in [3.05, 3.63) is 58.9 Å². The third kappa shape index (κ3) is 5.70. The molecule has 0 aromatic heterocycles. The van der Waals surface area contributed by atoms with Gasteiger partial charge in [0.05, 0.1) is 12.7 Å². The second-order valence-corrected chi connectivity index (χ2v) is 5.82. The highest BCUT2D eigenvalue weighted by Gasteiger charge is 2.31. The van der Waals surface area contributed by atoms with E-state index < -0.39 is 29.5 Å². The van der Waals surface area contributed by atoms with Crippen LogP contribution in [0.5, 0.6) is 5.75 Å². The smallest absolute Gasteiger partial charge is 0.416 e. The molecule has 0 bridgehead atoms. The molecule has 0 aliphatic rings. The zero-order valence-corrected chi connectivity index (χ0v) is 15.0. The van der Waals surface area contributed by atoms with Gasteiger partial charge in [0.15, 0.2) is 0 Å².